The fourth-order valence-electron chi connectivity index (χ4n) is 3.65. The van der Waals surface area contributed by atoms with Gasteiger partial charge in [-0.25, -0.2) is 0 Å². The van der Waals surface area contributed by atoms with Crippen molar-refractivity contribution in [1.82, 2.24) is 10.2 Å². The highest BCUT2D eigenvalue weighted by atomic mass is 79.9. The molecule has 1 N–H and O–H groups in total. The van der Waals surface area contributed by atoms with Crippen molar-refractivity contribution in [2.45, 2.75) is 45.3 Å². The number of carbonyl (C=O) groups excluding carboxylic acids is 2. The number of amides is 2. The lowest BCUT2D eigenvalue weighted by atomic mass is 10.0. The highest BCUT2D eigenvalue weighted by Crippen LogP contribution is 2.28. The average Bonchev–Trinajstić information content (AvgIpc) is 2.80. The van der Waals surface area contributed by atoms with Gasteiger partial charge in [-0.2, -0.15) is 0 Å². The van der Waals surface area contributed by atoms with E-state index < -0.39 is 11.6 Å². The fraction of sp³-hybridized carbons (Fsp3) is 0.286. The molecule has 0 heterocycles. The fourth-order valence-corrected chi connectivity index (χ4v) is 4.56. The second kappa shape index (κ2) is 12.6. The lowest BCUT2D eigenvalue weighted by molar-refractivity contribution is -0.143. The molecule has 0 radical (unpaired) electrons. The molecule has 3 aromatic rings. The Morgan fingerprint density at radius 2 is 1.67 bits per heavy atom. The van der Waals surface area contributed by atoms with Gasteiger partial charge < -0.3 is 15.0 Å². The first-order valence-electron chi connectivity index (χ1n) is 11.5. The van der Waals surface area contributed by atoms with Crippen molar-refractivity contribution in [1.29, 1.82) is 0 Å². The quantitative estimate of drug-likeness (QED) is 0.302. The van der Waals surface area contributed by atoms with Crippen LogP contribution in [0.4, 0.5) is 0 Å². The van der Waals surface area contributed by atoms with Gasteiger partial charge in [-0.05, 0) is 62.2 Å². The predicted octanol–water partition coefficient (Wildman–Crippen LogP) is 6.69. The van der Waals surface area contributed by atoms with E-state index in [9.17, 15) is 9.59 Å². The molecule has 1 atom stereocenters. The number of carbonyl (C=O) groups is 2. The maximum absolute atomic E-state index is 13.6. The molecule has 0 fully saturated rings. The molecule has 190 valence electrons. The van der Waals surface area contributed by atoms with Gasteiger partial charge >= 0.3 is 0 Å². The number of nitrogens with one attached hydrogen (secondary N) is 1. The van der Waals surface area contributed by atoms with Crippen LogP contribution in [-0.2, 0) is 22.6 Å². The molecular weight excluding hydrogens is 563 g/mol. The molecule has 0 bridgehead atoms. The SMILES string of the molecule is CC(C)(C)NC(=O)[C@@H](Cc1ccccc1)N(Cc1cccc(Br)c1)C(=O)COc1ccc(Cl)cc1Cl. The van der Waals surface area contributed by atoms with E-state index >= 15 is 0 Å². The van der Waals surface area contributed by atoms with Crippen LogP contribution in [0.1, 0.15) is 31.9 Å². The number of halogens is 3. The molecule has 8 heteroatoms. The van der Waals surface area contributed by atoms with Gasteiger partial charge in [0.05, 0.1) is 5.02 Å². The Morgan fingerprint density at radius 1 is 0.972 bits per heavy atom. The number of nitrogens with zero attached hydrogens (tertiary/aromatic N) is 1. The molecule has 36 heavy (non-hydrogen) atoms. The Balaban J connectivity index is 1.94. The maximum Gasteiger partial charge on any atom is 0.261 e. The number of rotatable bonds is 9. The van der Waals surface area contributed by atoms with E-state index in [0.717, 1.165) is 15.6 Å². The van der Waals surface area contributed by atoms with E-state index in [1.807, 2.05) is 75.4 Å². The topological polar surface area (TPSA) is 58.6 Å². The van der Waals surface area contributed by atoms with Crippen LogP contribution in [0.15, 0.2) is 77.3 Å². The summed E-state index contributed by atoms with van der Waals surface area (Å²) in [6.07, 6.45) is 0.351. The smallest absolute Gasteiger partial charge is 0.261 e. The lowest BCUT2D eigenvalue weighted by Crippen LogP contribution is -2.55. The average molecular weight is 592 g/mol. The molecule has 2 amide bonds. The second-order valence-electron chi connectivity index (χ2n) is 9.46. The summed E-state index contributed by atoms with van der Waals surface area (Å²) in [5.41, 5.74) is 1.35. The van der Waals surface area contributed by atoms with Crippen LogP contribution in [0.25, 0.3) is 0 Å². The monoisotopic (exact) mass is 590 g/mol. The van der Waals surface area contributed by atoms with E-state index in [0.29, 0.717) is 22.2 Å². The summed E-state index contributed by atoms with van der Waals surface area (Å²) >= 11 is 15.7. The molecule has 0 saturated carbocycles. The zero-order valence-corrected chi connectivity index (χ0v) is 23.5. The van der Waals surface area contributed by atoms with Gasteiger partial charge in [0.1, 0.15) is 11.8 Å². The van der Waals surface area contributed by atoms with Gasteiger partial charge in [-0.15, -0.1) is 0 Å². The Hall–Kier alpha value is -2.54. The first-order valence-corrected chi connectivity index (χ1v) is 13.0. The third kappa shape index (κ3) is 8.54. The molecule has 0 spiro atoms. The Kier molecular flexibility index (Phi) is 9.83. The van der Waals surface area contributed by atoms with Crippen LogP contribution < -0.4 is 10.1 Å². The molecule has 0 aliphatic heterocycles. The highest BCUT2D eigenvalue weighted by molar-refractivity contribution is 9.10. The molecule has 0 aliphatic carbocycles. The first-order chi connectivity index (χ1) is 17.0. The standard InChI is InChI=1S/C28H29BrCl2N2O3/c1-28(2,3)32-27(35)24(15-19-8-5-4-6-9-19)33(17-20-10-7-11-21(29)14-20)26(34)18-36-25-13-12-22(30)16-23(25)31/h4-14,16,24H,15,17-18H2,1-3H3,(H,32,35)/t24-/m1/s1. The summed E-state index contributed by atoms with van der Waals surface area (Å²) in [5.74, 6) is -0.235. The molecule has 0 unspecified atom stereocenters. The highest BCUT2D eigenvalue weighted by Gasteiger charge is 2.32. The summed E-state index contributed by atoms with van der Waals surface area (Å²) < 4.78 is 6.64. The van der Waals surface area contributed by atoms with Gasteiger partial charge in [0.15, 0.2) is 6.61 Å². The number of hydrogen-bond acceptors (Lipinski definition) is 3. The van der Waals surface area contributed by atoms with Crippen molar-refractivity contribution in [3.8, 4) is 5.75 Å². The summed E-state index contributed by atoms with van der Waals surface area (Å²) in [6.45, 7) is 5.68. The normalized spacial score (nSPS) is 12.1. The van der Waals surface area contributed by atoms with Crippen LogP contribution >= 0.6 is 39.1 Å². The Bertz CT molecular complexity index is 1200. The van der Waals surface area contributed by atoms with E-state index in [1.165, 1.54) is 0 Å². The van der Waals surface area contributed by atoms with Gasteiger partial charge in [-0.3, -0.25) is 9.59 Å². The molecule has 0 aromatic heterocycles. The van der Waals surface area contributed by atoms with Gasteiger partial charge in [0.2, 0.25) is 5.91 Å². The van der Waals surface area contributed by atoms with Crippen molar-refractivity contribution in [3.05, 3.63) is 98.4 Å². The van der Waals surface area contributed by atoms with Crippen molar-refractivity contribution < 1.29 is 14.3 Å². The second-order valence-corrected chi connectivity index (χ2v) is 11.2. The minimum absolute atomic E-state index is 0.227. The van der Waals surface area contributed by atoms with E-state index in [2.05, 4.69) is 21.2 Å². The first kappa shape index (κ1) is 28.0. The summed E-state index contributed by atoms with van der Waals surface area (Å²) in [7, 11) is 0. The van der Waals surface area contributed by atoms with Gasteiger partial charge in [-0.1, -0.05) is 81.6 Å². The largest absolute Gasteiger partial charge is 0.482 e. The Morgan fingerprint density at radius 3 is 2.31 bits per heavy atom. The van der Waals surface area contributed by atoms with Crippen molar-refractivity contribution in [2.24, 2.45) is 0 Å². The van der Waals surface area contributed by atoms with Gasteiger partial charge in [0, 0.05) is 28.0 Å². The van der Waals surface area contributed by atoms with E-state index in [-0.39, 0.29) is 25.0 Å². The number of hydrogen-bond donors (Lipinski definition) is 1. The molecule has 3 rings (SSSR count). The zero-order valence-electron chi connectivity index (χ0n) is 20.4. The summed E-state index contributed by atoms with van der Waals surface area (Å²) in [4.78, 5) is 28.7. The maximum atomic E-state index is 13.6. The van der Waals surface area contributed by atoms with Crippen molar-refractivity contribution in [3.63, 3.8) is 0 Å². The van der Waals surface area contributed by atoms with Crippen LogP contribution in [0.2, 0.25) is 10.0 Å². The van der Waals surface area contributed by atoms with Crippen LogP contribution in [0.5, 0.6) is 5.75 Å². The predicted molar refractivity (Wildman–Crippen MR) is 148 cm³/mol. The van der Waals surface area contributed by atoms with Crippen LogP contribution in [0.3, 0.4) is 0 Å². The molecule has 0 aliphatic rings. The molecular formula is C28H29BrCl2N2O3. The molecule has 0 saturated heterocycles. The number of benzene rings is 3. The van der Waals surface area contributed by atoms with Crippen molar-refractivity contribution in [2.75, 3.05) is 6.61 Å². The van der Waals surface area contributed by atoms with Crippen LogP contribution in [0, 0.1) is 0 Å². The zero-order chi connectivity index (χ0) is 26.3. The van der Waals surface area contributed by atoms with Crippen molar-refractivity contribution >= 4 is 50.9 Å². The summed E-state index contributed by atoms with van der Waals surface area (Å²) in [6, 6.07) is 21.4. The molecule has 3 aromatic carbocycles. The van der Waals surface area contributed by atoms with E-state index in [1.54, 1.807) is 23.1 Å². The molecule has 5 nitrogen and oxygen atoms in total. The van der Waals surface area contributed by atoms with Crippen LogP contribution in [-0.4, -0.2) is 34.9 Å². The summed E-state index contributed by atoms with van der Waals surface area (Å²) in [5, 5.41) is 3.82. The third-order valence-corrected chi connectivity index (χ3v) is 6.28. The Labute approximate surface area is 230 Å². The minimum atomic E-state index is -0.762. The number of ether oxygens (including phenoxy) is 1. The van der Waals surface area contributed by atoms with Gasteiger partial charge in [0.25, 0.3) is 5.91 Å². The lowest BCUT2D eigenvalue weighted by Gasteiger charge is -2.33. The van der Waals surface area contributed by atoms with E-state index in [4.69, 9.17) is 27.9 Å². The third-order valence-electron chi connectivity index (χ3n) is 5.26. The minimum Gasteiger partial charge on any atom is -0.482 e.